The van der Waals surface area contributed by atoms with E-state index in [1.54, 1.807) is 12.1 Å². The first-order chi connectivity index (χ1) is 8.58. The van der Waals surface area contributed by atoms with E-state index in [2.05, 4.69) is 4.98 Å². The monoisotopic (exact) mass is 247 g/mol. The van der Waals surface area contributed by atoms with Gasteiger partial charge in [-0.3, -0.25) is 4.79 Å². The molecule has 0 spiro atoms. The molecular weight excluding hydrogens is 237 g/mol. The van der Waals surface area contributed by atoms with E-state index in [-0.39, 0.29) is 23.5 Å². The van der Waals surface area contributed by atoms with Gasteiger partial charge < -0.3 is 10.1 Å². The predicted molar refractivity (Wildman–Crippen MR) is 62.2 cm³/mol. The third-order valence-electron chi connectivity index (χ3n) is 2.54. The highest BCUT2D eigenvalue weighted by molar-refractivity contribution is 5.99. The number of nitrogens with one attached hydrogen (secondary N) is 1. The SMILES string of the molecule is O=C(Cc1ccccc1F)c1c[nH]c(C(=O)O)c1. The highest BCUT2D eigenvalue weighted by Crippen LogP contribution is 2.12. The number of benzene rings is 1. The summed E-state index contributed by atoms with van der Waals surface area (Å²) >= 11 is 0. The zero-order chi connectivity index (χ0) is 13.1. The Balaban J connectivity index is 2.17. The van der Waals surface area contributed by atoms with Gasteiger partial charge in [0.05, 0.1) is 0 Å². The molecule has 0 atom stereocenters. The number of carboxylic acids is 1. The Labute approximate surface area is 102 Å². The second-order valence-electron chi connectivity index (χ2n) is 3.80. The minimum Gasteiger partial charge on any atom is -0.477 e. The first-order valence-electron chi connectivity index (χ1n) is 5.26. The molecule has 2 aromatic rings. The number of carboxylic acid groups (broad SMARTS) is 1. The van der Waals surface area contributed by atoms with Gasteiger partial charge in [-0.25, -0.2) is 9.18 Å². The molecule has 92 valence electrons. The summed E-state index contributed by atoms with van der Waals surface area (Å²) in [6.07, 6.45) is 1.22. The molecule has 0 aliphatic heterocycles. The normalized spacial score (nSPS) is 10.3. The van der Waals surface area contributed by atoms with Crippen molar-refractivity contribution in [3.63, 3.8) is 0 Å². The molecule has 0 saturated heterocycles. The number of carbonyl (C=O) groups is 2. The number of ketones is 1. The van der Waals surface area contributed by atoms with E-state index < -0.39 is 11.8 Å². The number of Topliss-reactive ketones (excluding diaryl/α,β-unsaturated/α-hetero) is 1. The first-order valence-corrected chi connectivity index (χ1v) is 5.26. The molecule has 1 aromatic carbocycles. The first kappa shape index (κ1) is 12.0. The van der Waals surface area contributed by atoms with Crippen LogP contribution in [0.5, 0.6) is 0 Å². The summed E-state index contributed by atoms with van der Waals surface area (Å²) < 4.78 is 13.3. The summed E-state index contributed by atoms with van der Waals surface area (Å²) in [5.74, 6) is -1.91. The smallest absolute Gasteiger partial charge is 0.352 e. The van der Waals surface area contributed by atoms with Crippen molar-refractivity contribution in [2.75, 3.05) is 0 Å². The summed E-state index contributed by atoms with van der Waals surface area (Å²) in [5, 5.41) is 8.71. The predicted octanol–water partition coefficient (Wildman–Crippen LogP) is 2.28. The van der Waals surface area contributed by atoms with Gasteiger partial charge in [0.2, 0.25) is 0 Å². The number of hydrogen-bond donors (Lipinski definition) is 2. The van der Waals surface area contributed by atoms with Crippen LogP contribution in [-0.4, -0.2) is 21.8 Å². The van der Waals surface area contributed by atoms with Gasteiger partial charge in [0.1, 0.15) is 11.5 Å². The van der Waals surface area contributed by atoms with Gasteiger partial charge in [-0.2, -0.15) is 0 Å². The topological polar surface area (TPSA) is 70.2 Å². The average molecular weight is 247 g/mol. The number of hydrogen-bond acceptors (Lipinski definition) is 2. The number of aromatic amines is 1. The molecule has 0 saturated carbocycles. The fourth-order valence-electron chi connectivity index (χ4n) is 1.60. The van der Waals surface area contributed by atoms with E-state index in [0.717, 1.165) is 0 Å². The van der Waals surface area contributed by atoms with Crippen LogP contribution in [0.3, 0.4) is 0 Å². The minimum atomic E-state index is -1.14. The van der Waals surface area contributed by atoms with Crippen LogP contribution in [0.25, 0.3) is 0 Å². The molecular formula is C13H10FNO3. The standard InChI is InChI=1S/C13H10FNO3/c14-10-4-2-1-3-8(10)6-12(16)9-5-11(13(17)18)15-7-9/h1-5,7,15H,6H2,(H,17,18). The molecule has 0 fully saturated rings. The van der Waals surface area contributed by atoms with Crippen molar-refractivity contribution in [1.29, 1.82) is 0 Å². The number of rotatable bonds is 4. The summed E-state index contributed by atoms with van der Waals surface area (Å²) in [6, 6.07) is 7.24. The van der Waals surface area contributed by atoms with Crippen LogP contribution in [0, 0.1) is 5.82 Å². The van der Waals surface area contributed by atoms with Crippen LogP contribution in [-0.2, 0) is 6.42 Å². The molecule has 18 heavy (non-hydrogen) atoms. The zero-order valence-corrected chi connectivity index (χ0v) is 9.31. The molecule has 4 nitrogen and oxygen atoms in total. The van der Waals surface area contributed by atoms with Crippen molar-refractivity contribution in [3.8, 4) is 0 Å². The van der Waals surface area contributed by atoms with E-state index in [1.165, 1.54) is 24.4 Å². The molecule has 1 aromatic heterocycles. The lowest BCUT2D eigenvalue weighted by atomic mass is 10.0. The Morgan fingerprint density at radius 2 is 2.00 bits per heavy atom. The number of aromatic carboxylic acids is 1. The number of carbonyl (C=O) groups excluding carboxylic acids is 1. The lowest BCUT2D eigenvalue weighted by Crippen LogP contribution is -2.04. The van der Waals surface area contributed by atoms with Crippen LogP contribution in [0.15, 0.2) is 36.5 Å². The zero-order valence-electron chi connectivity index (χ0n) is 9.31. The van der Waals surface area contributed by atoms with Crippen molar-refractivity contribution in [3.05, 3.63) is 59.2 Å². The van der Waals surface area contributed by atoms with Gasteiger partial charge in [-0.15, -0.1) is 0 Å². The highest BCUT2D eigenvalue weighted by Gasteiger charge is 2.14. The van der Waals surface area contributed by atoms with Gasteiger partial charge in [-0.1, -0.05) is 18.2 Å². The average Bonchev–Trinajstić information content (AvgIpc) is 2.81. The van der Waals surface area contributed by atoms with E-state index in [4.69, 9.17) is 5.11 Å². The Morgan fingerprint density at radius 1 is 1.28 bits per heavy atom. The molecule has 1 heterocycles. The molecule has 0 aliphatic carbocycles. The van der Waals surface area contributed by atoms with Crippen molar-refractivity contribution < 1.29 is 19.1 Å². The number of H-pyrrole nitrogens is 1. The highest BCUT2D eigenvalue weighted by atomic mass is 19.1. The quantitative estimate of drug-likeness (QED) is 0.814. The number of halogens is 1. The molecule has 5 heteroatoms. The van der Waals surface area contributed by atoms with Crippen molar-refractivity contribution in [2.24, 2.45) is 0 Å². The summed E-state index contributed by atoms with van der Waals surface area (Å²) in [4.78, 5) is 24.9. The fourth-order valence-corrected chi connectivity index (χ4v) is 1.60. The molecule has 0 aliphatic rings. The number of aromatic nitrogens is 1. The van der Waals surface area contributed by atoms with Gasteiger partial charge in [0, 0.05) is 18.2 Å². The van der Waals surface area contributed by atoms with Crippen LogP contribution < -0.4 is 0 Å². The fraction of sp³-hybridized carbons (Fsp3) is 0.0769. The van der Waals surface area contributed by atoms with E-state index >= 15 is 0 Å². The Kier molecular flexibility index (Phi) is 3.23. The Morgan fingerprint density at radius 3 is 2.61 bits per heavy atom. The van der Waals surface area contributed by atoms with Crippen LogP contribution in [0.1, 0.15) is 26.4 Å². The third kappa shape index (κ3) is 2.45. The molecule has 2 rings (SSSR count). The molecule has 2 N–H and O–H groups in total. The maximum atomic E-state index is 13.3. The third-order valence-corrected chi connectivity index (χ3v) is 2.54. The van der Waals surface area contributed by atoms with Gasteiger partial charge in [0.25, 0.3) is 0 Å². The lowest BCUT2D eigenvalue weighted by molar-refractivity contribution is 0.0691. The van der Waals surface area contributed by atoms with Crippen molar-refractivity contribution >= 4 is 11.8 Å². The second-order valence-corrected chi connectivity index (χ2v) is 3.80. The molecule has 0 amide bonds. The largest absolute Gasteiger partial charge is 0.477 e. The van der Waals surface area contributed by atoms with Crippen molar-refractivity contribution in [2.45, 2.75) is 6.42 Å². The Bertz CT molecular complexity index is 604. The molecule has 0 radical (unpaired) electrons. The van der Waals surface area contributed by atoms with Gasteiger partial charge >= 0.3 is 5.97 Å². The lowest BCUT2D eigenvalue weighted by Gasteiger charge is -2.00. The van der Waals surface area contributed by atoms with Crippen LogP contribution in [0.2, 0.25) is 0 Å². The van der Waals surface area contributed by atoms with E-state index in [9.17, 15) is 14.0 Å². The maximum absolute atomic E-state index is 13.3. The van der Waals surface area contributed by atoms with Crippen LogP contribution in [0.4, 0.5) is 4.39 Å². The van der Waals surface area contributed by atoms with Gasteiger partial charge in [-0.05, 0) is 17.7 Å². The maximum Gasteiger partial charge on any atom is 0.352 e. The van der Waals surface area contributed by atoms with Gasteiger partial charge in [0.15, 0.2) is 5.78 Å². The second kappa shape index (κ2) is 4.83. The summed E-state index contributed by atoms with van der Waals surface area (Å²) in [6.45, 7) is 0. The van der Waals surface area contributed by atoms with E-state index in [0.29, 0.717) is 5.56 Å². The van der Waals surface area contributed by atoms with Crippen LogP contribution >= 0.6 is 0 Å². The summed E-state index contributed by atoms with van der Waals surface area (Å²) in [5.41, 5.74) is 0.461. The minimum absolute atomic E-state index is 0.0631. The summed E-state index contributed by atoms with van der Waals surface area (Å²) in [7, 11) is 0. The Hall–Kier alpha value is -2.43. The van der Waals surface area contributed by atoms with Crippen molar-refractivity contribution in [1.82, 2.24) is 4.98 Å². The molecule has 0 bridgehead atoms. The molecule has 0 unspecified atom stereocenters. The van der Waals surface area contributed by atoms with E-state index in [1.807, 2.05) is 0 Å².